The SMILES string of the molecule is CC1CCN(C/C=C/Cl)C(C(=O)O)C1. The molecule has 0 amide bonds. The summed E-state index contributed by atoms with van der Waals surface area (Å²) in [5.41, 5.74) is 1.44. The highest BCUT2D eigenvalue weighted by atomic mass is 35.5. The molecule has 1 heterocycles. The van der Waals surface area contributed by atoms with Crippen LogP contribution in [-0.4, -0.2) is 35.1 Å². The summed E-state index contributed by atoms with van der Waals surface area (Å²) in [6, 6.07) is -0.341. The van der Waals surface area contributed by atoms with Gasteiger partial charge in [0.2, 0.25) is 0 Å². The van der Waals surface area contributed by atoms with Crippen LogP contribution in [0.2, 0.25) is 0 Å². The molecule has 1 saturated heterocycles. The van der Waals surface area contributed by atoms with Crippen LogP contribution in [0, 0.1) is 5.92 Å². The molecule has 1 aliphatic heterocycles. The summed E-state index contributed by atoms with van der Waals surface area (Å²) in [4.78, 5) is 12.9. The lowest BCUT2D eigenvalue weighted by molar-refractivity contribution is -0.145. The molecule has 0 aromatic heterocycles. The number of halogens is 1. The number of nitrogens with zero attached hydrogens (tertiary/aromatic N) is 1. The zero-order chi connectivity index (χ0) is 10.6. The monoisotopic (exact) mass is 217 g/mol. The van der Waals surface area contributed by atoms with E-state index in [9.17, 15) is 4.79 Å². The molecule has 0 aromatic rings. The summed E-state index contributed by atoms with van der Waals surface area (Å²) in [7, 11) is 0. The van der Waals surface area contributed by atoms with Crippen molar-refractivity contribution in [2.45, 2.75) is 25.8 Å². The lowest BCUT2D eigenvalue weighted by Crippen LogP contribution is -2.46. The maximum Gasteiger partial charge on any atom is 0.320 e. The Labute approximate surface area is 89.3 Å². The minimum Gasteiger partial charge on any atom is -0.480 e. The lowest BCUT2D eigenvalue weighted by atomic mass is 9.92. The van der Waals surface area contributed by atoms with Crippen LogP contribution in [0.3, 0.4) is 0 Å². The number of hydrogen-bond acceptors (Lipinski definition) is 2. The Bertz CT molecular complexity index is 230. The van der Waals surface area contributed by atoms with Crippen molar-refractivity contribution in [3.63, 3.8) is 0 Å². The second-order valence-electron chi connectivity index (χ2n) is 3.84. The molecule has 0 aliphatic carbocycles. The van der Waals surface area contributed by atoms with Crippen LogP contribution in [0.15, 0.2) is 11.6 Å². The van der Waals surface area contributed by atoms with Gasteiger partial charge in [-0.3, -0.25) is 9.69 Å². The van der Waals surface area contributed by atoms with Gasteiger partial charge in [-0.1, -0.05) is 24.6 Å². The normalized spacial score (nSPS) is 29.6. The highest BCUT2D eigenvalue weighted by Gasteiger charge is 2.30. The van der Waals surface area contributed by atoms with Crippen molar-refractivity contribution in [3.8, 4) is 0 Å². The maximum absolute atomic E-state index is 11.0. The molecule has 14 heavy (non-hydrogen) atoms. The molecular formula is C10H16ClNO2. The molecule has 80 valence electrons. The van der Waals surface area contributed by atoms with Crippen molar-refractivity contribution in [2.24, 2.45) is 5.92 Å². The fourth-order valence-electron chi connectivity index (χ4n) is 1.84. The summed E-state index contributed by atoms with van der Waals surface area (Å²) in [5.74, 6) is -0.216. The average molecular weight is 218 g/mol. The molecule has 1 N–H and O–H groups in total. The van der Waals surface area contributed by atoms with Gasteiger partial charge in [-0.25, -0.2) is 0 Å². The molecule has 4 heteroatoms. The van der Waals surface area contributed by atoms with Gasteiger partial charge < -0.3 is 5.11 Å². The molecule has 0 aromatic carbocycles. The first-order valence-electron chi connectivity index (χ1n) is 4.87. The predicted molar refractivity (Wildman–Crippen MR) is 56.4 cm³/mol. The first-order chi connectivity index (χ1) is 6.65. The van der Waals surface area contributed by atoms with E-state index in [0.717, 1.165) is 19.4 Å². The molecule has 0 radical (unpaired) electrons. The fraction of sp³-hybridized carbons (Fsp3) is 0.700. The standard InChI is InChI=1S/C10H16ClNO2/c1-8-3-6-12(5-2-4-11)9(7-8)10(13)14/h2,4,8-9H,3,5-7H2,1H3,(H,13,14)/b4-2+. The summed E-state index contributed by atoms with van der Waals surface area (Å²) in [6.07, 6.45) is 3.60. The van der Waals surface area contributed by atoms with E-state index < -0.39 is 5.97 Å². The molecule has 1 fully saturated rings. The number of aliphatic carboxylic acids is 1. The molecule has 2 unspecified atom stereocenters. The third kappa shape index (κ3) is 3.00. The largest absolute Gasteiger partial charge is 0.480 e. The van der Waals surface area contributed by atoms with Gasteiger partial charge in [0.1, 0.15) is 6.04 Å². The van der Waals surface area contributed by atoms with Crippen molar-refractivity contribution >= 4 is 17.6 Å². The van der Waals surface area contributed by atoms with Crippen molar-refractivity contribution in [3.05, 3.63) is 11.6 Å². The lowest BCUT2D eigenvalue weighted by Gasteiger charge is -2.35. The zero-order valence-corrected chi connectivity index (χ0v) is 9.07. The van der Waals surface area contributed by atoms with Gasteiger partial charge in [0.25, 0.3) is 0 Å². The van der Waals surface area contributed by atoms with Crippen LogP contribution in [0.4, 0.5) is 0 Å². The Hall–Kier alpha value is -0.540. The topological polar surface area (TPSA) is 40.5 Å². The molecule has 0 bridgehead atoms. The summed E-state index contributed by atoms with van der Waals surface area (Å²) in [6.45, 7) is 3.58. The summed E-state index contributed by atoms with van der Waals surface area (Å²) < 4.78 is 0. The van der Waals surface area contributed by atoms with Crippen LogP contribution < -0.4 is 0 Å². The second kappa shape index (κ2) is 5.37. The summed E-state index contributed by atoms with van der Waals surface area (Å²) in [5, 5.41) is 9.03. The number of likely N-dealkylation sites (tertiary alicyclic amines) is 1. The Morgan fingerprint density at radius 1 is 1.71 bits per heavy atom. The molecule has 1 aliphatic rings. The van der Waals surface area contributed by atoms with Gasteiger partial charge >= 0.3 is 5.97 Å². The van der Waals surface area contributed by atoms with Crippen LogP contribution >= 0.6 is 11.6 Å². The smallest absolute Gasteiger partial charge is 0.320 e. The third-order valence-electron chi connectivity index (χ3n) is 2.69. The molecule has 0 saturated carbocycles. The van der Waals surface area contributed by atoms with Crippen molar-refractivity contribution in [2.75, 3.05) is 13.1 Å². The highest BCUT2D eigenvalue weighted by molar-refractivity contribution is 6.25. The number of hydrogen-bond donors (Lipinski definition) is 1. The fourth-order valence-corrected chi connectivity index (χ4v) is 1.92. The van der Waals surface area contributed by atoms with E-state index in [1.165, 1.54) is 5.54 Å². The van der Waals surface area contributed by atoms with Crippen LogP contribution in [-0.2, 0) is 4.79 Å². The Morgan fingerprint density at radius 2 is 2.43 bits per heavy atom. The second-order valence-corrected chi connectivity index (χ2v) is 4.09. The molecule has 1 rings (SSSR count). The van der Waals surface area contributed by atoms with Crippen LogP contribution in [0.5, 0.6) is 0 Å². The minimum absolute atomic E-state index is 0.341. The maximum atomic E-state index is 11.0. The number of piperidine rings is 1. The van der Waals surface area contributed by atoms with E-state index in [1.807, 2.05) is 4.90 Å². The minimum atomic E-state index is -0.723. The number of rotatable bonds is 3. The van der Waals surface area contributed by atoms with Crippen molar-refractivity contribution in [1.82, 2.24) is 4.90 Å². The predicted octanol–water partition coefficient (Wildman–Crippen LogP) is 1.92. The van der Waals surface area contributed by atoms with E-state index in [2.05, 4.69) is 6.92 Å². The van der Waals surface area contributed by atoms with E-state index >= 15 is 0 Å². The number of carboxylic acids is 1. The Kier molecular flexibility index (Phi) is 4.42. The number of carboxylic acid groups (broad SMARTS) is 1. The molecule has 2 atom stereocenters. The molecular weight excluding hydrogens is 202 g/mol. The molecule has 3 nitrogen and oxygen atoms in total. The van der Waals surface area contributed by atoms with E-state index in [1.54, 1.807) is 6.08 Å². The van der Waals surface area contributed by atoms with Gasteiger partial charge in [-0.15, -0.1) is 0 Å². The van der Waals surface area contributed by atoms with Gasteiger partial charge in [0.05, 0.1) is 0 Å². The van der Waals surface area contributed by atoms with Gasteiger partial charge in [-0.2, -0.15) is 0 Å². The van der Waals surface area contributed by atoms with Crippen LogP contribution in [0.25, 0.3) is 0 Å². The Morgan fingerprint density at radius 3 is 3.00 bits per heavy atom. The van der Waals surface area contributed by atoms with E-state index in [-0.39, 0.29) is 6.04 Å². The van der Waals surface area contributed by atoms with Crippen LogP contribution in [0.1, 0.15) is 19.8 Å². The van der Waals surface area contributed by atoms with Crippen molar-refractivity contribution in [1.29, 1.82) is 0 Å². The average Bonchev–Trinajstić information content (AvgIpc) is 2.15. The summed E-state index contributed by atoms with van der Waals surface area (Å²) >= 11 is 5.42. The third-order valence-corrected chi connectivity index (χ3v) is 2.87. The van der Waals surface area contributed by atoms with E-state index in [4.69, 9.17) is 16.7 Å². The van der Waals surface area contributed by atoms with Gasteiger partial charge in [0.15, 0.2) is 0 Å². The van der Waals surface area contributed by atoms with Gasteiger partial charge in [-0.05, 0) is 25.3 Å². The quantitative estimate of drug-likeness (QED) is 0.786. The first-order valence-corrected chi connectivity index (χ1v) is 5.31. The van der Waals surface area contributed by atoms with Crippen molar-refractivity contribution < 1.29 is 9.90 Å². The Balaban J connectivity index is 2.57. The highest BCUT2D eigenvalue weighted by Crippen LogP contribution is 2.22. The molecule has 0 spiro atoms. The number of carbonyl (C=O) groups is 1. The zero-order valence-electron chi connectivity index (χ0n) is 8.32. The first kappa shape index (κ1) is 11.5. The van der Waals surface area contributed by atoms with E-state index in [0.29, 0.717) is 12.5 Å². The van der Waals surface area contributed by atoms with Gasteiger partial charge in [0, 0.05) is 12.1 Å².